The summed E-state index contributed by atoms with van der Waals surface area (Å²) >= 11 is 3.90. The highest BCUT2D eigenvalue weighted by Crippen LogP contribution is 2.70. The SMILES string of the molecule is C[C@]12C/C(=C/O)C(=O)C=C1CCC1[C@@H]3CC[C@](O)(C(=O)S)[C@@]3(C)C[C@H](O)[C@@]12F. The Morgan fingerprint density at radius 1 is 1.32 bits per heavy atom. The molecule has 28 heavy (non-hydrogen) atoms. The van der Waals surface area contributed by atoms with Gasteiger partial charge in [0.2, 0.25) is 5.12 Å². The third kappa shape index (κ3) is 2.10. The molecule has 3 N–H and O–H groups in total. The van der Waals surface area contributed by atoms with E-state index in [1.54, 1.807) is 13.8 Å². The molecule has 1 unspecified atom stereocenters. The van der Waals surface area contributed by atoms with Gasteiger partial charge in [-0.2, -0.15) is 0 Å². The van der Waals surface area contributed by atoms with Crippen molar-refractivity contribution >= 4 is 23.5 Å². The number of alkyl halides is 1. The average molecular weight is 411 g/mol. The van der Waals surface area contributed by atoms with Gasteiger partial charge in [0.15, 0.2) is 5.78 Å². The van der Waals surface area contributed by atoms with Crippen molar-refractivity contribution in [3.63, 3.8) is 0 Å². The Labute approximate surface area is 169 Å². The lowest BCUT2D eigenvalue weighted by molar-refractivity contribution is -0.222. The molecule has 0 bridgehead atoms. The molecule has 154 valence electrons. The number of hydrogen-bond donors (Lipinski definition) is 4. The van der Waals surface area contributed by atoms with Crippen LogP contribution in [0.4, 0.5) is 4.39 Å². The van der Waals surface area contributed by atoms with E-state index in [4.69, 9.17) is 0 Å². The molecule has 0 radical (unpaired) electrons. The highest BCUT2D eigenvalue weighted by Gasteiger charge is 2.74. The second-order valence-electron chi connectivity index (χ2n) is 9.56. The Hall–Kier alpha value is -1.18. The smallest absolute Gasteiger partial charge is 0.218 e. The number of carbonyl (C=O) groups excluding carboxylic acids is 2. The van der Waals surface area contributed by atoms with Crippen LogP contribution in [0.5, 0.6) is 0 Å². The van der Waals surface area contributed by atoms with Crippen LogP contribution in [0.1, 0.15) is 52.4 Å². The first-order valence-electron chi connectivity index (χ1n) is 9.87. The molecule has 0 aromatic rings. The van der Waals surface area contributed by atoms with E-state index >= 15 is 4.39 Å². The molecule has 4 aliphatic carbocycles. The number of aliphatic hydroxyl groups excluding tert-OH is 2. The summed E-state index contributed by atoms with van der Waals surface area (Å²) in [5.41, 5.74) is -4.96. The van der Waals surface area contributed by atoms with Gasteiger partial charge >= 0.3 is 0 Å². The van der Waals surface area contributed by atoms with Crippen LogP contribution in [-0.4, -0.2) is 43.6 Å². The Morgan fingerprint density at radius 2 is 2.00 bits per heavy atom. The minimum absolute atomic E-state index is 0.0252. The zero-order valence-electron chi connectivity index (χ0n) is 16.1. The first-order valence-corrected chi connectivity index (χ1v) is 10.3. The maximum absolute atomic E-state index is 16.9. The van der Waals surface area contributed by atoms with E-state index in [0.29, 0.717) is 24.8 Å². The summed E-state index contributed by atoms with van der Waals surface area (Å²) in [6.45, 7) is 3.48. The normalized spacial score (nSPS) is 51.9. The molecule has 7 heteroatoms. The van der Waals surface area contributed by atoms with Crippen LogP contribution in [0.3, 0.4) is 0 Å². The Bertz CT molecular complexity index is 824. The van der Waals surface area contributed by atoms with Gasteiger partial charge in [-0.15, -0.1) is 12.6 Å². The van der Waals surface area contributed by atoms with Crippen LogP contribution in [0.2, 0.25) is 0 Å². The fourth-order valence-corrected chi connectivity index (χ4v) is 7.38. The number of allylic oxidation sites excluding steroid dienone is 2. The number of aliphatic hydroxyl groups is 3. The predicted octanol–water partition coefficient (Wildman–Crippen LogP) is 2.82. The van der Waals surface area contributed by atoms with Crippen LogP contribution in [-0.2, 0) is 9.59 Å². The molecule has 0 aliphatic heterocycles. The van der Waals surface area contributed by atoms with Crippen LogP contribution in [0.25, 0.3) is 0 Å². The zero-order valence-corrected chi connectivity index (χ0v) is 17.0. The van der Waals surface area contributed by atoms with Gasteiger partial charge in [0.05, 0.1) is 12.4 Å². The molecule has 0 amide bonds. The summed E-state index contributed by atoms with van der Waals surface area (Å²) in [7, 11) is 0. The van der Waals surface area contributed by atoms with Gasteiger partial charge in [-0.05, 0) is 50.5 Å². The van der Waals surface area contributed by atoms with E-state index in [1.165, 1.54) is 6.08 Å². The second-order valence-corrected chi connectivity index (χ2v) is 9.96. The van der Waals surface area contributed by atoms with E-state index in [2.05, 4.69) is 12.6 Å². The molecule has 0 aromatic heterocycles. The quantitative estimate of drug-likeness (QED) is 0.303. The molecule has 0 heterocycles. The minimum atomic E-state index is -2.01. The minimum Gasteiger partial charge on any atom is -0.515 e. The van der Waals surface area contributed by atoms with Gasteiger partial charge in [0, 0.05) is 22.3 Å². The summed E-state index contributed by atoms with van der Waals surface area (Å²) in [4.78, 5) is 24.3. The first-order chi connectivity index (χ1) is 13.0. The third-order valence-electron chi connectivity index (χ3n) is 8.66. The van der Waals surface area contributed by atoms with Gasteiger partial charge in [-0.25, -0.2) is 4.39 Å². The van der Waals surface area contributed by atoms with Crippen molar-refractivity contribution < 1.29 is 29.3 Å². The van der Waals surface area contributed by atoms with Crippen molar-refractivity contribution in [3.05, 3.63) is 23.5 Å². The van der Waals surface area contributed by atoms with E-state index in [1.807, 2.05) is 0 Å². The molecule has 7 atom stereocenters. The number of hydrogen-bond acceptors (Lipinski definition) is 5. The highest BCUT2D eigenvalue weighted by atomic mass is 32.1. The van der Waals surface area contributed by atoms with Crippen molar-refractivity contribution in [3.8, 4) is 0 Å². The van der Waals surface area contributed by atoms with Gasteiger partial charge < -0.3 is 15.3 Å². The van der Waals surface area contributed by atoms with Gasteiger partial charge in [0.25, 0.3) is 0 Å². The zero-order chi connectivity index (χ0) is 20.7. The van der Waals surface area contributed by atoms with E-state index in [-0.39, 0.29) is 36.5 Å². The lowest BCUT2D eigenvalue weighted by Gasteiger charge is -2.63. The van der Waals surface area contributed by atoms with E-state index < -0.39 is 39.2 Å². The van der Waals surface area contributed by atoms with Crippen LogP contribution < -0.4 is 0 Å². The van der Waals surface area contributed by atoms with Crippen molar-refractivity contribution in [1.29, 1.82) is 0 Å². The summed E-state index contributed by atoms with van der Waals surface area (Å²) in [5.74, 6) is -1.15. The standard InChI is InChI=1S/C21H27FO5S/c1-18-8-11(10-23)15(24)7-12(18)3-4-14-13-5-6-20(27,17(26)28)19(13,2)9-16(25)21(14,18)22/h7,10,13-14,16,23,25,27H,3-6,8-9H2,1-2H3,(H,26,28)/b11-10-/t13-,14?,16-,18-,19-,20-,21-/m0/s1. The number of halogens is 1. The maximum atomic E-state index is 16.9. The summed E-state index contributed by atoms with van der Waals surface area (Å²) in [6.07, 6.45) is 2.36. The van der Waals surface area contributed by atoms with Gasteiger partial charge in [-0.3, -0.25) is 9.59 Å². The molecule has 0 aromatic carbocycles. The molecule has 0 spiro atoms. The number of rotatable bonds is 1. The van der Waals surface area contributed by atoms with Crippen LogP contribution in [0.15, 0.2) is 23.5 Å². The predicted molar refractivity (Wildman–Crippen MR) is 103 cm³/mol. The molecular formula is C21H27FO5S. The molecule has 0 saturated heterocycles. The fourth-order valence-electron chi connectivity index (χ4n) is 7.01. The molecule has 3 fully saturated rings. The Balaban J connectivity index is 1.84. The Morgan fingerprint density at radius 3 is 2.61 bits per heavy atom. The number of carbonyl (C=O) groups is 2. The largest absolute Gasteiger partial charge is 0.515 e. The maximum Gasteiger partial charge on any atom is 0.218 e. The molecular weight excluding hydrogens is 383 g/mol. The third-order valence-corrected chi connectivity index (χ3v) is 9.03. The van der Waals surface area contributed by atoms with Crippen LogP contribution >= 0.6 is 12.6 Å². The topological polar surface area (TPSA) is 94.8 Å². The van der Waals surface area contributed by atoms with Crippen molar-refractivity contribution in [2.45, 2.75) is 69.7 Å². The lowest BCUT2D eigenvalue weighted by Crippen LogP contribution is -2.69. The highest BCUT2D eigenvalue weighted by molar-refractivity contribution is 7.96. The van der Waals surface area contributed by atoms with Crippen molar-refractivity contribution in [2.24, 2.45) is 22.7 Å². The first kappa shape index (κ1) is 20.1. The number of thiol groups is 1. The molecule has 5 nitrogen and oxygen atoms in total. The summed E-state index contributed by atoms with van der Waals surface area (Å²) in [5, 5.41) is 31.0. The van der Waals surface area contributed by atoms with E-state index in [0.717, 1.165) is 6.26 Å². The Kier molecular flexibility index (Phi) is 4.25. The van der Waals surface area contributed by atoms with E-state index in [9.17, 15) is 24.9 Å². The van der Waals surface area contributed by atoms with Crippen LogP contribution in [0, 0.1) is 22.7 Å². The molecule has 3 saturated carbocycles. The molecule has 4 rings (SSSR count). The van der Waals surface area contributed by atoms with Gasteiger partial charge in [-0.1, -0.05) is 19.4 Å². The van der Waals surface area contributed by atoms with Crippen molar-refractivity contribution in [1.82, 2.24) is 0 Å². The van der Waals surface area contributed by atoms with Gasteiger partial charge in [0.1, 0.15) is 11.3 Å². The lowest BCUT2D eigenvalue weighted by atomic mass is 9.44. The summed E-state index contributed by atoms with van der Waals surface area (Å²) < 4.78 is 16.9. The van der Waals surface area contributed by atoms with Crippen molar-refractivity contribution in [2.75, 3.05) is 0 Å². The average Bonchev–Trinajstić information content (AvgIpc) is 2.89. The fraction of sp³-hybridized carbons (Fsp3) is 0.714. The second kappa shape index (κ2) is 5.92. The number of ketones is 1. The summed E-state index contributed by atoms with van der Waals surface area (Å²) in [6, 6.07) is 0. The molecule has 4 aliphatic rings. The monoisotopic (exact) mass is 410 g/mol. The number of fused-ring (bicyclic) bond motifs is 5.